The lowest BCUT2D eigenvalue weighted by molar-refractivity contribution is 0.277. The molecule has 0 bridgehead atoms. The van der Waals surface area contributed by atoms with Gasteiger partial charge in [-0.1, -0.05) is 49.5 Å². The minimum absolute atomic E-state index is 0.606. The van der Waals surface area contributed by atoms with Crippen LogP contribution >= 0.6 is 15.9 Å². The third-order valence-electron chi connectivity index (χ3n) is 3.40. The first-order chi connectivity index (χ1) is 6.08. The number of hydrogen-bond donors (Lipinski definition) is 0. The summed E-state index contributed by atoms with van der Waals surface area (Å²) < 4.78 is 0. The second-order valence-electron chi connectivity index (χ2n) is 5.35. The van der Waals surface area contributed by atoms with Crippen molar-refractivity contribution < 1.29 is 0 Å². The molecule has 1 atom stereocenters. The SMILES string of the molecule is CC(C)CCCC(C)(CBr)C1CC1. The quantitative estimate of drug-likeness (QED) is 0.600. The topological polar surface area (TPSA) is 0 Å². The van der Waals surface area contributed by atoms with E-state index < -0.39 is 0 Å². The van der Waals surface area contributed by atoms with E-state index >= 15 is 0 Å². The molecule has 0 amide bonds. The largest absolute Gasteiger partial charge is 0.0922 e. The Balaban J connectivity index is 2.23. The van der Waals surface area contributed by atoms with Crippen LogP contribution in [0.5, 0.6) is 0 Å². The molecule has 0 spiro atoms. The molecule has 1 heteroatoms. The summed E-state index contributed by atoms with van der Waals surface area (Å²) in [7, 11) is 0. The summed E-state index contributed by atoms with van der Waals surface area (Å²) in [5.74, 6) is 1.90. The highest BCUT2D eigenvalue weighted by Crippen LogP contribution is 2.49. The number of halogens is 1. The molecule has 1 rings (SSSR count). The van der Waals surface area contributed by atoms with Crippen molar-refractivity contribution in [3.8, 4) is 0 Å². The molecular weight excluding hydrogens is 224 g/mol. The van der Waals surface area contributed by atoms with Gasteiger partial charge in [0.1, 0.15) is 0 Å². The molecule has 0 aromatic heterocycles. The summed E-state index contributed by atoms with van der Waals surface area (Å²) in [6, 6.07) is 0. The Morgan fingerprint density at radius 1 is 1.38 bits per heavy atom. The number of hydrogen-bond acceptors (Lipinski definition) is 0. The molecule has 0 nitrogen and oxygen atoms in total. The molecule has 78 valence electrons. The highest BCUT2D eigenvalue weighted by atomic mass is 79.9. The van der Waals surface area contributed by atoms with Gasteiger partial charge in [0.2, 0.25) is 0 Å². The minimum Gasteiger partial charge on any atom is -0.0922 e. The maximum absolute atomic E-state index is 3.68. The average Bonchev–Trinajstić information content (AvgIpc) is 2.85. The summed E-state index contributed by atoms with van der Waals surface area (Å²) in [5.41, 5.74) is 0.606. The number of alkyl halides is 1. The van der Waals surface area contributed by atoms with Crippen LogP contribution in [0.1, 0.15) is 52.9 Å². The van der Waals surface area contributed by atoms with E-state index in [9.17, 15) is 0 Å². The molecule has 0 aliphatic heterocycles. The van der Waals surface area contributed by atoms with Crippen LogP contribution in [0, 0.1) is 17.3 Å². The molecule has 13 heavy (non-hydrogen) atoms. The van der Waals surface area contributed by atoms with Crippen molar-refractivity contribution in [1.82, 2.24) is 0 Å². The third-order valence-corrected chi connectivity index (χ3v) is 4.68. The van der Waals surface area contributed by atoms with Gasteiger partial charge in [-0.05, 0) is 36.5 Å². The van der Waals surface area contributed by atoms with Crippen molar-refractivity contribution in [1.29, 1.82) is 0 Å². The summed E-state index contributed by atoms with van der Waals surface area (Å²) in [6.07, 6.45) is 7.18. The first-order valence-corrected chi connectivity index (χ1v) is 6.76. The van der Waals surface area contributed by atoms with Crippen molar-refractivity contribution in [3.05, 3.63) is 0 Å². The standard InChI is InChI=1S/C12H23Br/c1-10(2)5-4-8-12(3,9-13)11-6-7-11/h10-11H,4-9H2,1-3H3. The Bertz CT molecular complexity index is 149. The molecule has 0 aromatic carbocycles. The second-order valence-corrected chi connectivity index (χ2v) is 5.91. The van der Waals surface area contributed by atoms with Crippen molar-refractivity contribution >= 4 is 15.9 Å². The smallest absolute Gasteiger partial charge is 0.00879 e. The predicted molar refractivity (Wildman–Crippen MR) is 63.3 cm³/mol. The average molecular weight is 247 g/mol. The van der Waals surface area contributed by atoms with E-state index in [0.717, 1.165) is 11.8 Å². The normalized spacial score (nSPS) is 21.9. The molecule has 1 fully saturated rings. The van der Waals surface area contributed by atoms with Gasteiger partial charge in [-0.25, -0.2) is 0 Å². The highest BCUT2D eigenvalue weighted by molar-refractivity contribution is 9.09. The van der Waals surface area contributed by atoms with Crippen molar-refractivity contribution in [2.45, 2.75) is 52.9 Å². The van der Waals surface area contributed by atoms with E-state index in [-0.39, 0.29) is 0 Å². The minimum atomic E-state index is 0.606. The van der Waals surface area contributed by atoms with Crippen LogP contribution in [0.4, 0.5) is 0 Å². The molecular formula is C12H23Br. The van der Waals surface area contributed by atoms with Gasteiger partial charge in [0.25, 0.3) is 0 Å². The zero-order valence-corrected chi connectivity index (χ0v) is 10.9. The Hall–Kier alpha value is 0.480. The summed E-state index contributed by atoms with van der Waals surface area (Å²) in [4.78, 5) is 0. The molecule has 1 saturated carbocycles. The van der Waals surface area contributed by atoms with E-state index in [2.05, 4.69) is 36.7 Å². The third kappa shape index (κ3) is 3.61. The van der Waals surface area contributed by atoms with Gasteiger partial charge in [0.15, 0.2) is 0 Å². The summed E-state index contributed by atoms with van der Waals surface area (Å²) >= 11 is 3.68. The fourth-order valence-electron chi connectivity index (χ4n) is 2.07. The Morgan fingerprint density at radius 2 is 2.00 bits per heavy atom. The van der Waals surface area contributed by atoms with Gasteiger partial charge < -0.3 is 0 Å². The molecule has 0 heterocycles. The van der Waals surface area contributed by atoms with Crippen LogP contribution in [0.25, 0.3) is 0 Å². The highest BCUT2D eigenvalue weighted by Gasteiger charge is 2.39. The molecule has 1 unspecified atom stereocenters. The van der Waals surface area contributed by atoms with E-state index in [4.69, 9.17) is 0 Å². The van der Waals surface area contributed by atoms with E-state index in [1.807, 2.05) is 0 Å². The molecule has 1 aliphatic rings. The molecule has 0 N–H and O–H groups in total. The molecule has 0 aromatic rings. The first-order valence-electron chi connectivity index (χ1n) is 5.64. The van der Waals surface area contributed by atoms with E-state index in [1.165, 1.54) is 37.4 Å². The lowest BCUT2D eigenvalue weighted by Gasteiger charge is -2.27. The van der Waals surface area contributed by atoms with Crippen LogP contribution in [-0.2, 0) is 0 Å². The molecule has 1 aliphatic carbocycles. The monoisotopic (exact) mass is 246 g/mol. The van der Waals surface area contributed by atoms with Crippen LogP contribution in [0.2, 0.25) is 0 Å². The Kier molecular flexibility index (Phi) is 4.28. The van der Waals surface area contributed by atoms with Crippen LogP contribution in [-0.4, -0.2) is 5.33 Å². The lowest BCUT2D eigenvalue weighted by atomic mass is 9.81. The van der Waals surface area contributed by atoms with Crippen LogP contribution in [0.15, 0.2) is 0 Å². The fraction of sp³-hybridized carbons (Fsp3) is 1.00. The first kappa shape index (κ1) is 11.6. The Labute approximate surface area is 91.6 Å². The predicted octanol–water partition coefficient (Wildman–Crippen LogP) is 4.62. The van der Waals surface area contributed by atoms with Crippen molar-refractivity contribution in [3.63, 3.8) is 0 Å². The van der Waals surface area contributed by atoms with Gasteiger partial charge in [-0.3, -0.25) is 0 Å². The van der Waals surface area contributed by atoms with Gasteiger partial charge in [-0.2, -0.15) is 0 Å². The number of rotatable bonds is 6. The van der Waals surface area contributed by atoms with Gasteiger partial charge >= 0.3 is 0 Å². The van der Waals surface area contributed by atoms with Gasteiger partial charge in [0, 0.05) is 5.33 Å². The zero-order chi connectivity index (χ0) is 9.90. The van der Waals surface area contributed by atoms with E-state index in [0.29, 0.717) is 5.41 Å². The molecule has 0 radical (unpaired) electrons. The fourth-order valence-corrected chi connectivity index (χ4v) is 2.81. The maximum atomic E-state index is 3.68. The van der Waals surface area contributed by atoms with Gasteiger partial charge in [0.05, 0.1) is 0 Å². The van der Waals surface area contributed by atoms with Crippen molar-refractivity contribution in [2.24, 2.45) is 17.3 Å². The van der Waals surface area contributed by atoms with Crippen molar-refractivity contribution in [2.75, 3.05) is 5.33 Å². The zero-order valence-electron chi connectivity index (χ0n) is 9.28. The van der Waals surface area contributed by atoms with Crippen LogP contribution < -0.4 is 0 Å². The summed E-state index contributed by atoms with van der Waals surface area (Å²) in [6.45, 7) is 7.10. The van der Waals surface area contributed by atoms with Gasteiger partial charge in [-0.15, -0.1) is 0 Å². The lowest BCUT2D eigenvalue weighted by Crippen LogP contribution is -2.21. The Morgan fingerprint density at radius 3 is 2.38 bits per heavy atom. The van der Waals surface area contributed by atoms with E-state index in [1.54, 1.807) is 0 Å². The maximum Gasteiger partial charge on any atom is 0.00879 e. The second kappa shape index (κ2) is 4.82. The summed E-state index contributed by atoms with van der Waals surface area (Å²) in [5, 5.41) is 1.20. The van der Waals surface area contributed by atoms with Crippen LogP contribution in [0.3, 0.4) is 0 Å². The molecule has 0 saturated heterocycles.